The monoisotopic (exact) mass is 289 g/mol. The quantitative estimate of drug-likeness (QED) is 0.873. The van der Waals surface area contributed by atoms with Crippen LogP contribution in [-0.4, -0.2) is 24.3 Å². The van der Waals surface area contributed by atoms with Gasteiger partial charge in [0.1, 0.15) is 11.6 Å². The fraction of sp³-hybridized carbons (Fsp3) is 0.500. The minimum atomic E-state index is -0.515. The molecule has 1 aromatic rings. The number of ether oxygens (including phenoxy) is 1. The summed E-state index contributed by atoms with van der Waals surface area (Å²) in [7, 11) is 0. The SMILES string of the molecule is Cc1cccc(NC(C#N)CCNC(=O)OC(C)(C)C)c1. The van der Waals surface area contributed by atoms with Gasteiger partial charge in [0.15, 0.2) is 0 Å². The Morgan fingerprint density at radius 3 is 2.71 bits per heavy atom. The molecule has 0 radical (unpaired) electrons. The summed E-state index contributed by atoms with van der Waals surface area (Å²) in [6.07, 6.45) is 0.0405. The van der Waals surface area contributed by atoms with Crippen LogP contribution in [0.5, 0.6) is 0 Å². The highest BCUT2D eigenvalue weighted by molar-refractivity contribution is 5.67. The van der Waals surface area contributed by atoms with Crippen LogP contribution in [0.1, 0.15) is 32.8 Å². The normalized spacial score (nSPS) is 12.1. The molecule has 0 saturated heterocycles. The van der Waals surface area contributed by atoms with Gasteiger partial charge in [-0.2, -0.15) is 5.26 Å². The van der Waals surface area contributed by atoms with E-state index >= 15 is 0 Å². The lowest BCUT2D eigenvalue weighted by atomic mass is 10.2. The zero-order chi connectivity index (χ0) is 15.9. The first-order valence-electron chi connectivity index (χ1n) is 7.00. The zero-order valence-corrected chi connectivity index (χ0v) is 13.1. The highest BCUT2D eigenvalue weighted by Crippen LogP contribution is 2.12. The number of carbonyl (C=O) groups is 1. The summed E-state index contributed by atoms with van der Waals surface area (Å²) in [6.45, 7) is 7.81. The number of anilines is 1. The van der Waals surface area contributed by atoms with E-state index in [1.807, 2.05) is 52.0 Å². The van der Waals surface area contributed by atoms with Crippen molar-refractivity contribution >= 4 is 11.8 Å². The number of alkyl carbamates (subject to hydrolysis) is 1. The van der Waals surface area contributed by atoms with Gasteiger partial charge in [0, 0.05) is 12.2 Å². The van der Waals surface area contributed by atoms with Crippen LogP contribution in [0.3, 0.4) is 0 Å². The van der Waals surface area contributed by atoms with Crippen molar-refractivity contribution in [3.05, 3.63) is 29.8 Å². The van der Waals surface area contributed by atoms with Crippen molar-refractivity contribution in [3.63, 3.8) is 0 Å². The van der Waals surface area contributed by atoms with Gasteiger partial charge in [-0.3, -0.25) is 0 Å². The molecule has 1 amide bonds. The Kier molecular flexibility index (Phi) is 6.04. The van der Waals surface area contributed by atoms with Gasteiger partial charge >= 0.3 is 6.09 Å². The third-order valence-electron chi connectivity index (χ3n) is 2.62. The summed E-state index contributed by atoms with van der Waals surface area (Å²) in [6, 6.07) is 9.65. The number of hydrogen-bond donors (Lipinski definition) is 2. The Morgan fingerprint density at radius 2 is 2.14 bits per heavy atom. The van der Waals surface area contributed by atoms with Crippen LogP contribution < -0.4 is 10.6 Å². The Labute approximate surface area is 126 Å². The van der Waals surface area contributed by atoms with Gasteiger partial charge in [-0.25, -0.2) is 4.79 Å². The van der Waals surface area contributed by atoms with Gasteiger partial charge in [-0.15, -0.1) is 0 Å². The van der Waals surface area contributed by atoms with Gasteiger partial charge in [0.25, 0.3) is 0 Å². The molecule has 0 aliphatic carbocycles. The van der Waals surface area contributed by atoms with Crippen LogP contribution in [-0.2, 0) is 4.74 Å². The van der Waals surface area contributed by atoms with E-state index in [4.69, 9.17) is 10.00 Å². The number of benzene rings is 1. The average Bonchev–Trinajstić information content (AvgIpc) is 2.35. The first-order valence-corrected chi connectivity index (χ1v) is 7.00. The summed E-state index contributed by atoms with van der Waals surface area (Å²) < 4.78 is 5.13. The molecule has 0 heterocycles. The maximum atomic E-state index is 11.5. The molecule has 0 aliphatic rings. The van der Waals surface area contributed by atoms with Crippen LogP contribution in [0.15, 0.2) is 24.3 Å². The smallest absolute Gasteiger partial charge is 0.407 e. The summed E-state index contributed by atoms with van der Waals surface area (Å²) in [4.78, 5) is 11.5. The zero-order valence-electron chi connectivity index (χ0n) is 13.1. The van der Waals surface area contributed by atoms with Gasteiger partial charge in [-0.1, -0.05) is 12.1 Å². The number of nitrogens with zero attached hydrogens (tertiary/aromatic N) is 1. The number of aryl methyl sites for hydroxylation is 1. The van der Waals surface area contributed by atoms with E-state index in [9.17, 15) is 4.79 Å². The average molecular weight is 289 g/mol. The fourth-order valence-electron chi connectivity index (χ4n) is 1.74. The highest BCUT2D eigenvalue weighted by Gasteiger charge is 2.16. The topological polar surface area (TPSA) is 74.2 Å². The molecule has 0 bridgehead atoms. The maximum Gasteiger partial charge on any atom is 0.407 e. The van der Waals surface area contributed by atoms with Crippen molar-refractivity contribution in [2.24, 2.45) is 0 Å². The summed E-state index contributed by atoms with van der Waals surface area (Å²) in [5.74, 6) is 0. The molecule has 0 aliphatic heterocycles. The second kappa shape index (κ2) is 7.53. The van der Waals surface area contributed by atoms with Crippen molar-refractivity contribution in [1.82, 2.24) is 5.32 Å². The molecule has 0 spiro atoms. The van der Waals surface area contributed by atoms with E-state index in [1.54, 1.807) is 0 Å². The molecule has 0 fully saturated rings. The summed E-state index contributed by atoms with van der Waals surface area (Å²) in [5.41, 5.74) is 1.51. The molecule has 0 saturated carbocycles. The molecule has 5 heteroatoms. The van der Waals surface area contributed by atoms with Gasteiger partial charge in [-0.05, 0) is 51.8 Å². The first-order chi connectivity index (χ1) is 9.80. The van der Waals surface area contributed by atoms with Crippen LogP contribution in [0.25, 0.3) is 0 Å². The van der Waals surface area contributed by atoms with Crippen LogP contribution in [0.2, 0.25) is 0 Å². The van der Waals surface area contributed by atoms with Crippen LogP contribution in [0, 0.1) is 18.3 Å². The highest BCUT2D eigenvalue weighted by atomic mass is 16.6. The number of rotatable bonds is 5. The van der Waals surface area contributed by atoms with Crippen molar-refractivity contribution in [1.29, 1.82) is 5.26 Å². The largest absolute Gasteiger partial charge is 0.444 e. The number of nitrogens with one attached hydrogen (secondary N) is 2. The second-order valence-electron chi connectivity index (χ2n) is 5.91. The van der Waals surface area contributed by atoms with Crippen molar-refractivity contribution < 1.29 is 9.53 Å². The predicted octanol–water partition coefficient (Wildman–Crippen LogP) is 3.21. The molecule has 1 unspecified atom stereocenters. The third kappa shape index (κ3) is 7.21. The maximum absolute atomic E-state index is 11.5. The number of hydrogen-bond acceptors (Lipinski definition) is 4. The molecule has 1 aromatic carbocycles. The molecule has 114 valence electrons. The molecule has 5 nitrogen and oxygen atoms in total. The van der Waals surface area contributed by atoms with Crippen LogP contribution in [0.4, 0.5) is 10.5 Å². The lowest BCUT2D eigenvalue weighted by Crippen LogP contribution is -2.34. The first kappa shape index (κ1) is 16.8. The van der Waals surface area contributed by atoms with E-state index in [0.717, 1.165) is 11.3 Å². The van der Waals surface area contributed by atoms with E-state index in [0.29, 0.717) is 13.0 Å². The summed E-state index contributed by atoms with van der Waals surface area (Å²) >= 11 is 0. The van der Waals surface area contributed by atoms with E-state index in [1.165, 1.54) is 0 Å². The van der Waals surface area contributed by atoms with Crippen LogP contribution >= 0.6 is 0 Å². The molecule has 2 N–H and O–H groups in total. The number of amides is 1. The fourth-order valence-corrected chi connectivity index (χ4v) is 1.74. The number of carbonyl (C=O) groups excluding carboxylic acids is 1. The second-order valence-corrected chi connectivity index (χ2v) is 5.91. The van der Waals surface area contributed by atoms with Crippen molar-refractivity contribution in [2.75, 3.05) is 11.9 Å². The van der Waals surface area contributed by atoms with Crippen molar-refractivity contribution in [3.8, 4) is 6.07 Å². The lowest BCUT2D eigenvalue weighted by Gasteiger charge is -2.20. The van der Waals surface area contributed by atoms with E-state index < -0.39 is 11.7 Å². The molecular weight excluding hydrogens is 266 g/mol. The van der Waals surface area contributed by atoms with Crippen molar-refractivity contribution in [2.45, 2.75) is 45.8 Å². The Bertz CT molecular complexity index is 515. The lowest BCUT2D eigenvalue weighted by molar-refractivity contribution is 0.0527. The van der Waals surface area contributed by atoms with E-state index in [-0.39, 0.29) is 6.04 Å². The van der Waals surface area contributed by atoms with E-state index in [2.05, 4.69) is 16.7 Å². The Hall–Kier alpha value is -2.22. The third-order valence-corrected chi connectivity index (χ3v) is 2.62. The van der Waals surface area contributed by atoms with Gasteiger partial charge in [0.2, 0.25) is 0 Å². The predicted molar refractivity (Wildman–Crippen MR) is 83.1 cm³/mol. The summed E-state index contributed by atoms with van der Waals surface area (Å²) in [5, 5.41) is 14.9. The molecule has 21 heavy (non-hydrogen) atoms. The Morgan fingerprint density at radius 1 is 1.43 bits per heavy atom. The Balaban J connectivity index is 2.39. The number of nitriles is 1. The van der Waals surface area contributed by atoms with Gasteiger partial charge in [0.05, 0.1) is 6.07 Å². The minimum absolute atomic E-state index is 0.360. The molecule has 1 atom stereocenters. The standard InChI is InChI=1S/C16H23N3O2/c1-12-6-5-7-13(10-12)19-14(11-17)8-9-18-15(20)21-16(2,3)4/h5-7,10,14,19H,8-9H2,1-4H3,(H,18,20). The van der Waals surface area contributed by atoms with Gasteiger partial charge < -0.3 is 15.4 Å². The molecule has 1 rings (SSSR count). The molecule has 0 aromatic heterocycles. The minimum Gasteiger partial charge on any atom is -0.444 e. The molecular formula is C16H23N3O2.